The van der Waals surface area contributed by atoms with Crippen LogP contribution in [-0.2, 0) is 11.8 Å². The predicted molar refractivity (Wildman–Crippen MR) is 119 cm³/mol. The lowest BCUT2D eigenvalue weighted by Gasteiger charge is -2.09. The Morgan fingerprint density at radius 3 is 2.39 bits per heavy atom. The molecule has 2 aromatic carbocycles. The van der Waals surface area contributed by atoms with Gasteiger partial charge in [-0.05, 0) is 19.4 Å². The minimum Gasteiger partial charge on any atom is -0.462 e. The molecule has 2 heterocycles. The third kappa shape index (κ3) is 4.38. The second-order valence-electron chi connectivity index (χ2n) is 7.36. The molecule has 0 atom stereocenters. The van der Waals surface area contributed by atoms with Crippen molar-refractivity contribution in [1.29, 1.82) is 0 Å². The number of rotatable bonds is 7. The van der Waals surface area contributed by atoms with Crippen LogP contribution in [0.4, 0.5) is 0 Å². The van der Waals surface area contributed by atoms with Gasteiger partial charge in [0.25, 0.3) is 0 Å². The van der Waals surface area contributed by atoms with Crippen LogP contribution in [0, 0.1) is 6.92 Å². The van der Waals surface area contributed by atoms with Gasteiger partial charge in [0.2, 0.25) is 0 Å². The van der Waals surface area contributed by atoms with Gasteiger partial charge in [0, 0.05) is 24.6 Å². The highest BCUT2D eigenvalue weighted by Gasteiger charge is 2.20. The molecule has 0 unspecified atom stereocenters. The number of Topliss-reactive ketones (excluding diaryl/α,β-unsaturated/α-hetero) is 1. The summed E-state index contributed by atoms with van der Waals surface area (Å²) in [7, 11) is 1.81. The van der Waals surface area contributed by atoms with Crippen molar-refractivity contribution < 1.29 is 14.3 Å². The van der Waals surface area contributed by atoms with Gasteiger partial charge in [-0.15, -0.1) is 0 Å². The van der Waals surface area contributed by atoms with Crippen LogP contribution in [0.25, 0.3) is 22.3 Å². The lowest BCUT2D eigenvalue weighted by molar-refractivity contribution is 0.0496. The highest BCUT2D eigenvalue weighted by Crippen LogP contribution is 2.27. The topological polar surface area (TPSA) is 74.1 Å². The Balaban J connectivity index is 1.52. The molecule has 0 aliphatic heterocycles. The number of hydrogen-bond donors (Lipinski definition) is 0. The Bertz CT molecular complexity index is 1230. The van der Waals surface area contributed by atoms with E-state index in [0.717, 1.165) is 11.3 Å². The Morgan fingerprint density at radius 2 is 1.68 bits per heavy atom. The number of aromatic nitrogens is 3. The Morgan fingerprint density at radius 1 is 1.00 bits per heavy atom. The molecule has 0 aliphatic carbocycles. The summed E-state index contributed by atoms with van der Waals surface area (Å²) in [5.74, 6) is -0.398. The number of ketones is 1. The largest absolute Gasteiger partial charge is 0.462 e. The van der Waals surface area contributed by atoms with Crippen molar-refractivity contribution in [3.63, 3.8) is 0 Å². The summed E-state index contributed by atoms with van der Waals surface area (Å²) < 4.78 is 7.19. The summed E-state index contributed by atoms with van der Waals surface area (Å²) in [6.07, 6.45) is 0.787. The second kappa shape index (κ2) is 8.92. The first-order valence-electron chi connectivity index (χ1n) is 10.2. The van der Waals surface area contributed by atoms with Crippen LogP contribution in [0.2, 0.25) is 0 Å². The zero-order chi connectivity index (χ0) is 21.8. The zero-order valence-electron chi connectivity index (χ0n) is 17.5. The molecule has 0 amide bonds. The number of carbonyl (C=O) groups is 2. The van der Waals surface area contributed by atoms with E-state index < -0.39 is 5.97 Å². The SMILES string of the molecule is Cc1nn(C)c2nc(-c3ccccc3)cc(C(=O)OCCCC(=O)c3ccccc3)c12. The molecule has 0 saturated heterocycles. The van der Waals surface area contributed by atoms with Crippen LogP contribution in [0.3, 0.4) is 0 Å². The number of aryl methyl sites for hydroxylation is 2. The normalized spacial score (nSPS) is 10.9. The summed E-state index contributed by atoms with van der Waals surface area (Å²) in [5, 5.41) is 5.11. The summed E-state index contributed by atoms with van der Waals surface area (Å²) in [4.78, 5) is 29.9. The van der Waals surface area contributed by atoms with Gasteiger partial charge in [0.1, 0.15) is 0 Å². The molecule has 4 rings (SSSR count). The van der Waals surface area contributed by atoms with Crippen LogP contribution in [0.5, 0.6) is 0 Å². The zero-order valence-corrected chi connectivity index (χ0v) is 17.5. The highest BCUT2D eigenvalue weighted by molar-refractivity contribution is 6.05. The van der Waals surface area contributed by atoms with E-state index in [4.69, 9.17) is 9.72 Å². The minimum atomic E-state index is -0.437. The fourth-order valence-electron chi connectivity index (χ4n) is 3.61. The molecular formula is C25H23N3O3. The lowest BCUT2D eigenvalue weighted by atomic mass is 10.1. The molecule has 0 radical (unpaired) electrons. The molecule has 156 valence electrons. The number of hydrogen-bond acceptors (Lipinski definition) is 5. The molecule has 0 spiro atoms. The van der Waals surface area contributed by atoms with E-state index in [9.17, 15) is 9.59 Å². The maximum absolute atomic E-state index is 12.9. The number of carbonyl (C=O) groups excluding carboxylic acids is 2. The smallest absolute Gasteiger partial charge is 0.339 e. The molecule has 0 N–H and O–H groups in total. The summed E-state index contributed by atoms with van der Waals surface area (Å²) in [6, 6.07) is 20.6. The van der Waals surface area contributed by atoms with E-state index in [0.29, 0.717) is 40.7 Å². The average Bonchev–Trinajstić information content (AvgIpc) is 3.10. The van der Waals surface area contributed by atoms with E-state index in [-0.39, 0.29) is 12.4 Å². The number of benzene rings is 2. The van der Waals surface area contributed by atoms with E-state index in [1.165, 1.54) is 0 Å². The first-order valence-corrected chi connectivity index (χ1v) is 10.2. The molecule has 0 saturated carbocycles. The fraction of sp³-hybridized carbons (Fsp3) is 0.200. The van der Waals surface area contributed by atoms with Crippen molar-refractivity contribution in [1.82, 2.24) is 14.8 Å². The lowest BCUT2D eigenvalue weighted by Crippen LogP contribution is -2.10. The third-order valence-corrected chi connectivity index (χ3v) is 5.14. The molecule has 6 nitrogen and oxygen atoms in total. The summed E-state index contributed by atoms with van der Waals surface area (Å²) >= 11 is 0. The van der Waals surface area contributed by atoms with Crippen LogP contribution >= 0.6 is 0 Å². The van der Waals surface area contributed by atoms with Crippen molar-refractivity contribution in [3.05, 3.63) is 83.6 Å². The van der Waals surface area contributed by atoms with Crippen molar-refractivity contribution in [2.45, 2.75) is 19.8 Å². The predicted octanol–water partition coefficient (Wildman–Crippen LogP) is 4.76. The van der Waals surface area contributed by atoms with E-state index in [2.05, 4.69) is 5.10 Å². The van der Waals surface area contributed by atoms with Crippen molar-refractivity contribution in [2.75, 3.05) is 6.61 Å². The van der Waals surface area contributed by atoms with E-state index >= 15 is 0 Å². The molecular weight excluding hydrogens is 390 g/mol. The highest BCUT2D eigenvalue weighted by atomic mass is 16.5. The first-order chi connectivity index (χ1) is 15.0. The molecule has 0 fully saturated rings. The average molecular weight is 413 g/mol. The molecule has 4 aromatic rings. The number of fused-ring (bicyclic) bond motifs is 1. The van der Waals surface area contributed by atoms with Gasteiger partial charge in [-0.25, -0.2) is 9.78 Å². The van der Waals surface area contributed by atoms with Gasteiger partial charge in [0.15, 0.2) is 11.4 Å². The van der Waals surface area contributed by atoms with Crippen LogP contribution in [-0.4, -0.2) is 33.1 Å². The van der Waals surface area contributed by atoms with Crippen molar-refractivity contribution >= 4 is 22.8 Å². The summed E-state index contributed by atoms with van der Waals surface area (Å²) in [6.45, 7) is 2.02. The maximum Gasteiger partial charge on any atom is 0.339 e. The Kier molecular flexibility index (Phi) is 5.89. The Labute approximate surface area is 180 Å². The third-order valence-electron chi connectivity index (χ3n) is 5.14. The monoisotopic (exact) mass is 413 g/mol. The number of ether oxygens (including phenoxy) is 1. The van der Waals surface area contributed by atoms with Crippen molar-refractivity contribution in [2.24, 2.45) is 7.05 Å². The maximum atomic E-state index is 12.9. The standard InChI is InChI=1S/C25H23N3O3/c1-17-23-20(25(30)31-15-9-14-22(29)19-12-7-4-8-13-19)16-21(18-10-5-3-6-11-18)26-24(23)28(2)27-17/h3-8,10-13,16H,9,14-15H2,1-2H3. The van der Waals surface area contributed by atoms with Crippen LogP contribution in [0.15, 0.2) is 66.7 Å². The second-order valence-corrected chi connectivity index (χ2v) is 7.36. The summed E-state index contributed by atoms with van der Waals surface area (Å²) in [5.41, 5.74) is 4.04. The van der Waals surface area contributed by atoms with E-state index in [1.54, 1.807) is 29.9 Å². The fourth-order valence-corrected chi connectivity index (χ4v) is 3.61. The Hall–Kier alpha value is -3.80. The molecule has 0 aliphatic rings. The molecule has 2 aromatic heterocycles. The van der Waals surface area contributed by atoms with E-state index in [1.807, 2.05) is 55.5 Å². The van der Waals surface area contributed by atoms with Gasteiger partial charge in [-0.1, -0.05) is 60.7 Å². The minimum absolute atomic E-state index is 0.0393. The molecule has 31 heavy (non-hydrogen) atoms. The van der Waals surface area contributed by atoms with Gasteiger partial charge in [-0.2, -0.15) is 5.10 Å². The number of esters is 1. The number of pyridine rings is 1. The van der Waals surface area contributed by atoms with Gasteiger partial charge in [0.05, 0.1) is 28.9 Å². The first kappa shape index (κ1) is 20.5. The van der Waals surface area contributed by atoms with Crippen LogP contribution < -0.4 is 0 Å². The van der Waals surface area contributed by atoms with Crippen LogP contribution in [0.1, 0.15) is 39.3 Å². The van der Waals surface area contributed by atoms with Gasteiger partial charge >= 0.3 is 5.97 Å². The van der Waals surface area contributed by atoms with Gasteiger partial charge < -0.3 is 4.74 Å². The van der Waals surface area contributed by atoms with Gasteiger partial charge in [-0.3, -0.25) is 9.48 Å². The number of nitrogens with zero attached hydrogens (tertiary/aromatic N) is 3. The molecule has 0 bridgehead atoms. The quantitative estimate of drug-likeness (QED) is 0.248. The molecule has 6 heteroatoms. The van der Waals surface area contributed by atoms with Crippen molar-refractivity contribution in [3.8, 4) is 11.3 Å².